The van der Waals surface area contributed by atoms with Crippen LogP contribution in [0.2, 0.25) is 0 Å². The topological polar surface area (TPSA) is 102 Å². The predicted molar refractivity (Wildman–Crippen MR) is 67.0 cm³/mol. The number of ether oxygens (including phenoxy) is 1. The van der Waals surface area contributed by atoms with Crippen LogP contribution in [0.15, 0.2) is 12.4 Å². The molecule has 0 unspecified atom stereocenters. The lowest BCUT2D eigenvalue weighted by molar-refractivity contribution is -0.385. The summed E-state index contributed by atoms with van der Waals surface area (Å²) in [7, 11) is 0. The molecule has 2 rings (SSSR count). The van der Waals surface area contributed by atoms with E-state index >= 15 is 0 Å². The number of aliphatic hydroxyl groups excluding tert-OH is 1. The number of aliphatic hydroxyl groups is 1. The van der Waals surface area contributed by atoms with Crippen molar-refractivity contribution < 1.29 is 14.8 Å². The number of hydrogen-bond acceptors (Lipinski definition) is 7. The van der Waals surface area contributed by atoms with Gasteiger partial charge in [0.1, 0.15) is 12.4 Å². The third-order valence-corrected chi connectivity index (χ3v) is 3.01. The monoisotopic (exact) mass is 268 g/mol. The third-order valence-electron chi connectivity index (χ3n) is 3.01. The van der Waals surface area contributed by atoms with Crippen molar-refractivity contribution in [1.82, 2.24) is 9.97 Å². The minimum atomic E-state index is -0.515. The van der Waals surface area contributed by atoms with Crippen molar-refractivity contribution in [2.24, 2.45) is 0 Å². The summed E-state index contributed by atoms with van der Waals surface area (Å²) < 4.78 is 5.46. The number of piperidine rings is 1. The second kappa shape index (κ2) is 6.39. The molecule has 0 amide bonds. The van der Waals surface area contributed by atoms with E-state index in [2.05, 4.69) is 9.97 Å². The molecular formula is C11H16N4O4. The smallest absolute Gasteiger partial charge is 0.305 e. The molecule has 0 aromatic carbocycles. The van der Waals surface area contributed by atoms with Crippen molar-refractivity contribution in [2.45, 2.75) is 18.9 Å². The molecule has 1 aromatic rings. The maximum absolute atomic E-state index is 10.5. The summed E-state index contributed by atoms with van der Waals surface area (Å²) in [4.78, 5) is 20.0. The number of hydrogen-bond donors (Lipinski definition) is 1. The first-order chi connectivity index (χ1) is 9.20. The fourth-order valence-corrected chi connectivity index (χ4v) is 2.01. The van der Waals surface area contributed by atoms with Crippen LogP contribution in [0.4, 0.5) is 11.6 Å². The van der Waals surface area contributed by atoms with E-state index in [-0.39, 0.29) is 18.4 Å². The number of aromatic nitrogens is 2. The van der Waals surface area contributed by atoms with E-state index in [0.717, 1.165) is 25.9 Å². The Morgan fingerprint density at radius 1 is 1.42 bits per heavy atom. The van der Waals surface area contributed by atoms with E-state index in [1.54, 1.807) is 0 Å². The third kappa shape index (κ3) is 3.58. The number of anilines is 1. The fourth-order valence-electron chi connectivity index (χ4n) is 2.01. The van der Waals surface area contributed by atoms with E-state index in [4.69, 9.17) is 9.84 Å². The van der Waals surface area contributed by atoms with Crippen LogP contribution in [-0.4, -0.2) is 52.4 Å². The van der Waals surface area contributed by atoms with Gasteiger partial charge < -0.3 is 14.7 Å². The van der Waals surface area contributed by atoms with Gasteiger partial charge in [-0.05, 0) is 12.8 Å². The van der Waals surface area contributed by atoms with Crippen LogP contribution in [0.5, 0.6) is 0 Å². The lowest BCUT2D eigenvalue weighted by atomic mass is 10.1. The molecule has 104 valence electrons. The summed E-state index contributed by atoms with van der Waals surface area (Å²) in [5.41, 5.74) is -0.107. The van der Waals surface area contributed by atoms with Crippen LogP contribution >= 0.6 is 0 Å². The van der Waals surface area contributed by atoms with Crippen LogP contribution in [0.3, 0.4) is 0 Å². The molecule has 0 radical (unpaired) electrons. The number of nitrogens with zero attached hydrogens (tertiary/aromatic N) is 4. The summed E-state index contributed by atoms with van der Waals surface area (Å²) in [6, 6.07) is 0. The molecule has 8 nitrogen and oxygen atoms in total. The molecule has 0 aliphatic carbocycles. The molecule has 0 atom stereocenters. The average Bonchev–Trinajstić information content (AvgIpc) is 2.46. The molecule has 0 bridgehead atoms. The van der Waals surface area contributed by atoms with Gasteiger partial charge in [-0.3, -0.25) is 10.1 Å². The zero-order chi connectivity index (χ0) is 13.7. The predicted octanol–water partition coefficient (Wildman–Crippen LogP) is 0.362. The van der Waals surface area contributed by atoms with Gasteiger partial charge >= 0.3 is 5.69 Å². The van der Waals surface area contributed by atoms with Crippen LogP contribution < -0.4 is 4.90 Å². The molecule has 2 heterocycles. The zero-order valence-corrected chi connectivity index (χ0v) is 10.4. The summed E-state index contributed by atoms with van der Waals surface area (Å²) in [5, 5.41) is 19.2. The van der Waals surface area contributed by atoms with Crippen molar-refractivity contribution in [3.63, 3.8) is 0 Å². The van der Waals surface area contributed by atoms with E-state index < -0.39 is 4.92 Å². The lowest BCUT2D eigenvalue weighted by Gasteiger charge is -2.31. The Hall–Kier alpha value is -1.80. The molecule has 19 heavy (non-hydrogen) atoms. The highest BCUT2D eigenvalue weighted by Gasteiger charge is 2.21. The number of nitro groups is 1. The second-order valence-electron chi connectivity index (χ2n) is 4.28. The normalized spacial score (nSPS) is 16.6. The van der Waals surface area contributed by atoms with Gasteiger partial charge in [-0.1, -0.05) is 0 Å². The molecular weight excluding hydrogens is 252 g/mol. The number of rotatable bonds is 5. The first-order valence-corrected chi connectivity index (χ1v) is 6.14. The molecule has 1 N–H and O–H groups in total. The van der Waals surface area contributed by atoms with E-state index in [1.807, 2.05) is 4.90 Å². The van der Waals surface area contributed by atoms with Gasteiger partial charge in [-0.2, -0.15) is 0 Å². The molecule has 1 aliphatic heterocycles. The van der Waals surface area contributed by atoms with Crippen molar-refractivity contribution in [1.29, 1.82) is 0 Å². The molecule has 1 aromatic heterocycles. The largest absolute Gasteiger partial charge is 0.394 e. The van der Waals surface area contributed by atoms with Gasteiger partial charge in [0.15, 0.2) is 0 Å². The fraction of sp³-hybridized carbons (Fsp3) is 0.636. The Morgan fingerprint density at radius 3 is 2.58 bits per heavy atom. The average molecular weight is 268 g/mol. The summed E-state index contributed by atoms with van der Waals surface area (Å²) in [5.74, 6) is 0.506. The Morgan fingerprint density at radius 2 is 2.05 bits per heavy atom. The Kier molecular flexibility index (Phi) is 4.58. The Balaban J connectivity index is 1.88. The van der Waals surface area contributed by atoms with Crippen LogP contribution in [-0.2, 0) is 4.74 Å². The van der Waals surface area contributed by atoms with Crippen molar-refractivity contribution >= 4 is 11.6 Å². The van der Waals surface area contributed by atoms with Gasteiger partial charge in [-0.15, -0.1) is 0 Å². The minimum absolute atomic E-state index is 0.0334. The van der Waals surface area contributed by atoms with Gasteiger partial charge in [-0.25, -0.2) is 9.97 Å². The van der Waals surface area contributed by atoms with Crippen LogP contribution in [0.25, 0.3) is 0 Å². The second-order valence-corrected chi connectivity index (χ2v) is 4.28. The van der Waals surface area contributed by atoms with E-state index in [1.165, 1.54) is 12.4 Å². The first-order valence-electron chi connectivity index (χ1n) is 6.14. The van der Waals surface area contributed by atoms with E-state index in [9.17, 15) is 10.1 Å². The summed E-state index contributed by atoms with van der Waals surface area (Å²) in [6.07, 6.45) is 4.26. The molecule has 1 saturated heterocycles. The van der Waals surface area contributed by atoms with Crippen molar-refractivity contribution in [2.75, 3.05) is 31.2 Å². The van der Waals surface area contributed by atoms with Gasteiger partial charge in [0, 0.05) is 13.1 Å². The van der Waals surface area contributed by atoms with Crippen molar-refractivity contribution in [3.05, 3.63) is 22.5 Å². The van der Waals surface area contributed by atoms with Gasteiger partial charge in [0.25, 0.3) is 0 Å². The molecule has 8 heteroatoms. The first kappa shape index (κ1) is 13.6. The summed E-state index contributed by atoms with van der Waals surface area (Å²) >= 11 is 0. The van der Waals surface area contributed by atoms with E-state index in [0.29, 0.717) is 12.6 Å². The highest BCUT2D eigenvalue weighted by Crippen LogP contribution is 2.19. The maximum Gasteiger partial charge on any atom is 0.305 e. The van der Waals surface area contributed by atoms with Gasteiger partial charge in [0.2, 0.25) is 5.95 Å². The highest BCUT2D eigenvalue weighted by molar-refractivity contribution is 5.34. The SMILES string of the molecule is O=[N+]([O-])c1cnc(N2CCC(OCCO)CC2)nc1. The highest BCUT2D eigenvalue weighted by atomic mass is 16.6. The Bertz CT molecular complexity index is 417. The minimum Gasteiger partial charge on any atom is -0.394 e. The van der Waals surface area contributed by atoms with Crippen molar-refractivity contribution in [3.8, 4) is 0 Å². The Labute approximate surface area is 110 Å². The lowest BCUT2D eigenvalue weighted by Crippen LogP contribution is -2.38. The molecule has 1 aliphatic rings. The molecule has 0 spiro atoms. The maximum atomic E-state index is 10.5. The van der Waals surface area contributed by atoms with Crippen LogP contribution in [0.1, 0.15) is 12.8 Å². The molecule has 1 fully saturated rings. The van der Waals surface area contributed by atoms with Gasteiger partial charge in [0.05, 0.1) is 24.2 Å². The zero-order valence-electron chi connectivity index (χ0n) is 10.4. The van der Waals surface area contributed by atoms with Crippen LogP contribution in [0, 0.1) is 10.1 Å². The standard InChI is InChI=1S/C11H16N4O4/c16-5-6-19-10-1-3-14(4-2-10)11-12-7-9(8-13-11)15(17)18/h7-8,10,16H,1-6H2. The molecule has 0 saturated carbocycles. The summed E-state index contributed by atoms with van der Waals surface area (Å²) in [6.45, 7) is 1.88. The quantitative estimate of drug-likeness (QED) is 0.607.